The van der Waals surface area contributed by atoms with Crippen molar-refractivity contribution in [3.05, 3.63) is 0 Å². The van der Waals surface area contributed by atoms with Crippen LogP contribution in [0.1, 0.15) is 51.4 Å². The molecule has 0 atom stereocenters. The maximum Gasteiger partial charge on any atom is -0.00213 e. The zero-order chi connectivity index (χ0) is 11.6. The fourth-order valence-electron chi connectivity index (χ4n) is 2.46. The lowest BCUT2D eigenvalue weighted by Gasteiger charge is -2.20. The number of nitrogens with zero attached hydrogens (tertiary/aromatic N) is 2. The van der Waals surface area contributed by atoms with Crippen LogP contribution < -0.4 is 0 Å². The smallest absolute Gasteiger partial charge is 0.00213 e. The zero-order valence-corrected chi connectivity index (χ0v) is 11.4. The van der Waals surface area contributed by atoms with Crippen molar-refractivity contribution in [2.75, 3.05) is 40.3 Å². The molecule has 96 valence electrons. The SMILES string of the molecule is CN1CCCCCCCCN(C)CCCC1. The van der Waals surface area contributed by atoms with Gasteiger partial charge in [0.05, 0.1) is 0 Å². The highest BCUT2D eigenvalue weighted by atomic mass is 15.1. The summed E-state index contributed by atoms with van der Waals surface area (Å²) in [7, 11) is 4.55. The topological polar surface area (TPSA) is 6.48 Å². The Kier molecular flexibility index (Phi) is 7.87. The van der Waals surface area contributed by atoms with E-state index in [4.69, 9.17) is 0 Å². The molecule has 0 spiro atoms. The van der Waals surface area contributed by atoms with Crippen molar-refractivity contribution in [1.29, 1.82) is 0 Å². The van der Waals surface area contributed by atoms with E-state index in [-0.39, 0.29) is 0 Å². The van der Waals surface area contributed by atoms with Gasteiger partial charge in [-0.05, 0) is 66.0 Å². The van der Waals surface area contributed by atoms with Crippen LogP contribution in [-0.4, -0.2) is 50.1 Å². The van der Waals surface area contributed by atoms with E-state index in [2.05, 4.69) is 23.9 Å². The molecule has 1 fully saturated rings. The van der Waals surface area contributed by atoms with Crippen LogP contribution in [-0.2, 0) is 0 Å². The first kappa shape index (κ1) is 14.0. The van der Waals surface area contributed by atoms with Gasteiger partial charge in [-0.2, -0.15) is 0 Å². The Morgan fingerprint density at radius 3 is 1.06 bits per heavy atom. The van der Waals surface area contributed by atoms with Crippen molar-refractivity contribution in [3.63, 3.8) is 0 Å². The predicted molar refractivity (Wildman–Crippen MR) is 71.9 cm³/mol. The highest BCUT2D eigenvalue weighted by Crippen LogP contribution is 2.08. The summed E-state index contributed by atoms with van der Waals surface area (Å²) in [6.45, 7) is 5.17. The molecule has 0 bridgehead atoms. The molecule has 1 aliphatic rings. The van der Waals surface area contributed by atoms with E-state index in [9.17, 15) is 0 Å². The molecule has 1 rings (SSSR count). The average molecular weight is 226 g/mol. The monoisotopic (exact) mass is 226 g/mol. The molecule has 0 aliphatic carbocycles. The summed E-state index contributed by atoms with van der Waals surface area (Å²) < 4.78 is 0. The van der Waals surface area contributed by atoms with Crippen molar-refractivity contribution >= 4 is 0 Å². The van der Waals surface area contributed by atoms with Crippen molar-refractivity contribution < 1.29 is 0 Å². The van der Waals surface area contributed by atoms with Gasteiger partial charge in [0.15, 0.2) is 0 Å². The Morgan fingerprint density at radius 2 is 0.688 bits per heavy atom. The van der Waals surface area contributed by atoms with E-state index in [1.807, 2.05) is 0 Å². The van der Waals surface area contributed by atoms with Gasteiger partial charge in [-0.15, -0.1) is 0 Å². The Hall–Kier alpha value is -0.0800. The minimum absolute atomic E-state index is 1.29. The predicted octanol–water partition coefficient (Wildman–Crippen LogP) is 2.98. The van der Waals surface area contributed by atoms with Gasteiger partial charge in [-0.25, -0.2) is 0 Å². The molecule has 0 aromatic heterocycles. The molecular formula is C14H30N2. The van der Waals surface area contributed by atoms with Crippen molar-refractivity contribution in [1.82, 2.24) is 9.80 Å². The molecule has 16 heavy (non-hydrogen) atoms. The van der Waals surface area contributed by atoms with Crippen LogP contribution in [0.25, 0.3) is 0 Å². The van der Waals surface area contributed by atoms with Crippen LogP contribution in [0.4, 0.5) is 0 Å². The lowest BCUT2D eigenvalue weighted by Crippen LogP contribution is -2.24. The second-order valence-electron chi connectivity index (χ2n) is 5.43. The molecule has 1 heterocycles. The maximum atomic E-state index is 2.51. The van der Waals surface area contributed by atoms with Gasteiger partial charge in [0.2, 0.25) is 0 Å². The van der Waals surface area contributed by atoms with E-state index in [1.165, 1.54) is 77.5 Å². The van der Waals surface area contributed by atoms with E-state index in [0.29, 0.717) is 0 Å². The Morgan fingerprint density at radius 1 is 0.438 bits per heavy atom. The third-order valence-electron chi connectivity index (χ3n) is 3.66. The highest BCUT2D eigenvalue weighted by molar-refractivity contribution is 4.58. The summed E-state index contributed by atoms with van der Waals surface area (Å²) >= 11 is 0. The van der Waals surface area contributed by atoms with Gasteiger partial charge in [-0.1, -0.05) is 25.7 Å². The standard InChI is InChI=1S/C14H30N2/c1-15-11-7-5-3-4-6-8-12-16(2)14-10-9-13-15/h3-14H2,1-2H3. The van der Waals surface area contributed by atoms with Gasteiger partial charge >= 0.3 is 0 Å². The molecule has 0 N–H and O–H groups in total. The summed E-state index contributed by atoms with van der Waals surface area (Å²) in [5.74, 6) is 0. The zero-order valence-electron chi connectivity index (χ0n) is 11.4. The average Bonchev–Trinajstić information content (AvgIpc) is 2.27. The molecular weight excluding hydrogens is 196 g/mol. The molecule has 0 aromatic rings. The lowest BCUT2D eigenvalue weighted by atomic mass is 10.1. The van der Waals surface area contributed by atoms with Crippen LogP contribution in [0.5, 0.6) is 0 Å². The first-order valence-electron chi connectivity index (χ1n) is 7.16. The van der Waals surface area contributed by atoms with Crippen LogP contribution in [0.3, 0.4) is 0 Å². The summed E-state index contributed by atoms with van der Waals surface area (Å²) in [5.41, 5.74) is 0. The van der Waals surface area contributed by atoms with Gasteiger partial charge in [0.1, 0.15) is 0 Å². The summed E-state index contributed by atoms with van der Waals surface area (Å²) in [4.78, 5) is 5.01. The number of rotatable bonds is 0. The molecule has 0 amide bonds. The molecule has 0 saturated carbocycles. The van der Waals surface area contributed by atoms with Crippen molar-refractivity contribution in [2.24, 2.45) is 0 Å². The largest absolute Gasteiger partial charge is 0.306 e. The molecule has 2 heteroatoms. The molecule has 0 unspecified atom stereocenters. The lowest BCUT2D eigenvalue weighted by molar-refractivity contribution is 0.280. The highest BCUT2D eigenvalue weighted by Gasteiger charge is 2.02. The van der Waals surface area contributed by atoms with Gasteiger partial charge in [0, 0.05) is 0 Å². The third kappa shape index (κ3) is 7.24. The molecule has 2 nitrogen and oxygen atoms in total. The molecule has 0 aromatic carbocycles. The van der Waals surface area contributed by atoms with Crippen LogP contribution >= 0.6 is 0 Å². The minimum atomic E-state index is 1.29. The van der Waals surface area contributed by atoms with E-state index < -0.39 is 0 Å². The molecule has 1 saturated heterocycles. The minimum Gasteiger partial charge on any atom is -0.306 e. The number of hydrogen-bond donors (Lipinski definition) is 0. The second kappa shape index (κ2) is 9.00. The summed E-state index contributed by atoms with van der Waals surface area (Å²) in [5, 5.41) is 0. The van der Waals surface area contributed by atoms with E-state index in [0.717, 1.165) is 0 Å². The Balaban J connectivity index is 2.19. The molecule has 0 radical (unpaired) electrons. The van der Waals surface area contributed by atoms with E-state index in [1.54, 1.807) is 0 Å². The first-order valence-corrected chi connectivity index (χ1v) is 7.16. The first-order chi connectivity index (χ1) is 7.79. The van der Waals surface area contributed by atoms with Gasteiger partial charge < -0.3 is 9.80 Å². The van der Waals surface area contributed by atoms with Crippen LogP contribution in [0, 0.1) is 0 Å². The second-order valence-corrected chi connectivity index (χ2v) is 5.43. The third-order valence-corrected chi connectivity index (χ3v) is 3.66. The maximum absolute atomic E-state index is 2.51. The fraction of sp³-hybridized carbons (Fsp3) is 1.00. The van der Waals surface area contributed by atoms with Crippen molar-refractivity contribution in [3.8, 4) is 0 Å². The Bertz CT molecular complexity index is 141. The summed E-state index contributed by atoms with van der Waals surface area (Å²) in [6, 6.07) is 0. The molecule has 1 aliphatic heterocycles. The quantitative estimate of drug-likeness (QED) is 0.626. The van der Waals surface area contributed by atoms with E-state index >= 15 is 0 Å². The van der Waals surface area contributed by atoms with Crippen LogP contribution in [0.15, 0.2) is 0 Å². The number of hydrogen-bond acceptors (Lipinski definition) is 2. The normalized spacial score (nSPS) is 25.1. The fourth-order valence-corrected chi connectivity index (χ4v) is 2.46. The van der Waals surface area contributed by atoms with Gasteiger partial charge in [-0.3, -0.25) is 0 Å². The Labute approximate surface area is 102 Å². The summed E-state index contributed by atoms with van der Waals surface area (Å²) in [6.07, 6.45) is 11.3. The van der Waals surface area contributed by atoms with Gasteiger partial charge in [0.25, 0.3) is 0 Å². The van der Waals surface area contributed by atoms with Crippen LogP contribution in [0.2, 0.25) is 0 Å². The van der Waals surface area contributed by atoms with Crippen molar-refractivity contribution in [2.45, 2.75) is 51.4 Å².